The van der Waals surface area contributed by atoms with E-state index in [0.717, 1.165) is 17.3 Å². The summed E-state index contributed by atoms with van der Waals surface area (Å²) >= 11 is 1.02. The zero-order chi connectivity index (χ0) is 18.0. The van der Waals surface area contributed by atoms with Crippen LogP contribution in [-0.4, -0.2) is 30.9 Å². The molecule has 1 fully saturated rings. The number of aryl methyl sites for hydroxylation is 1. The fourth-order valence-electron chi connectivity index (χ4n) is 2.22. The van der Waals surface area contributed by atoms with E-state index in [-0.39, 0.29) is 16.0 Å². The molecule has 0 saturated carbocycles. The summed E-state index contributed by atoms with van der Waals surface area (Å²) in [5, 5.41) is 0.144. The molecule has 2 heterocycles. The van der Waals surface area contributed by atoms with E-state index in [4.69, 9.17) is 4.42 Å². The van der Waals surface area contributed by atoms with Gasteiger partial charge in [0.2, 0.25) is 0 Å². The van der Waals surface area contributed by atoms with Gasteiger partial charge in [-0.15, -0.1) is 4.40 Å². The van der Waals surface area contributed by atoms with Crippen LogP contribution in [0.25, 0.3) is 6.08 Å². The van der Waals surface area contributed by atoms with Gasteiger partial charge in [0.25, 0.3) is 15.9 Å². The SMILES string of the molecule is CCN1C(=O)/C(=C\c2ccco2)S/C1=N/S(=O)(=O)c1ccc(C)cc1. The molecule has 1 amide bonds. The molecule has 0 spiro atoms. The van der Waals surface area contributed by atoms with Gasteiger partial charge in [-0.25, -0.2) is 0 Å². The van der Waals surface area contributed by atoms with Crippen molar-refractivity contribution in [3.05, 3.63) is 58.9 Å². The van der Waals surface area contributed by atoms with Crippen LogP contribution in [0.3, 0.4) is 0 Å². The maximum absolute atomic E-state index is 12.5. The molecule has 1 aromatic carbocycles. The van der Waals surface area contributed by atoms with Gasteiger partial charge in [0.05, 0.1) is 16.1 Å². The number of benzene rings is 1. The highest BCUT2D eigenvalue weighted by atomic mass is 32.2. The van der Waals surface area contributed by atoms with Crippen LogP contribution >= 0.6 is 11.8 Å². The Morgan fingerprint density at radius 3 is 2.56 bits per heavy atom. The van der Waals surface area contributed by atoms with Crippen molar-refractivity contribution < 1.29 is 17.6 Å². The van der Waals surface area contributed by atoms with Crippen molar-refractivity contribution >= 4 is 38.9 Å². The second-order valence-electron chi connectivity index (χ2n) is 5.34. The topological polar surface area (TPSA) is 80.0 Å². The minimum Gasteiger partial charge on any atom is -0.465 e. The van der Waals surface area contributed by atoms with Crippen LogP contribution in [0, 0.1) is 6.92 Å². The van der Waals surface area contributed by atoms with Gasteiger partial charge in [-0.3, -0.25) is 9.69 Å². The number of sulfonamides is 1. The number of carbonyl (C=O) groups is 1. The molecule has 1 aromatic heterocycles. The molecular weight excluding hydrogens is 360 g/mol. The predicted molar refractivity (Wildman–Crippen MR) is 97.5 cm³/mol. The molecule has 0 atom stereocenters. The van der Waals surface area contributed by atoms with Crippen LogP contribution in [-0.2, 0) is 14.8 Å². The van der Waals surface area contributed by atoms with Crippen molar-refractivity contribution in [2.75, 3.05) is 6.54 Å². The maximum atomic E-state index is 12.5. The van der Waals surface area contributed by atoms with E-state index in [1.807, 2.05) is 6.92 Å². The van der Waals surface area contributed by atoms with E-state index in [9.17, 15) is 13.2 Å². The summed E-state index contributed by atoms with van der Waals surface area (Å²) in [6.45, 7) is 3.96. The smallest absolute Gasteiger partial charge is 0.284 e. The van der Waals surface area contributed by atoms with Crippen molar-refractivity contribution in [2.45, 2.75) is 18.7 Å². The standard InChI is InChI=1S/C17H16N2O4S2/c1-3-19-16(20)15(11-13-5-4-10-23-13)24-17(19)18-25(21,22)14-8-6-12(2)7-9-14/h4-11H,3H2,1-2H3/b15-11+,18-17+. The molecule has 8 heteroatoms. The molecule has 25 heavy (non-hydrogen) atoms. The third-order valence-electron chi connectivity index (χ3n) is 3.54. The lowest BCUT2D eigenvalue weighted by Crippen LogP contribution is -2.29. The third-order valence-corrected chi connectivity index (χ3v) is 5.94. The van der Waals surface area contributed by atoms with Crippen molar-refractivity contribution in [2.24, 2.45) is 4.40 Å². The van der Waals surface area contributed by atoms with Crippen LogP contribution in [0.15, 0.2) is 61.3 Å². The van der Waals surface area contributed by atoms with E-state index in [0.29, 0.717) is 17.2 Å². The van der Waals surface area contributed by atoms with Gasteiger partial charge in [-0.05, 0) is 49.9 Å². The first-order chi connectivity index (χ1) is 11.9. The fraction of sp³-hybridized carbons (Fsp3) is 0.176. The second-order valence-corrected chi connectivity index (χ2v) is 7.95. The average molecular weight is 376 g/mol. The largest absolute Gasteiger partial charge is 0.465 e. The minimum absolute atomic E-state index is 0.0955. The number of amidine groups is 1. The van der Waals surface area contributed by atoms with Crippen LogP contribution < -0.4 is 0 Å². The Labute approximate surface area is 150 Å². The first kappa shape index (κ1) is 17.5. The fourth-order valence-corrected chi connectivity index (χ4v) is 4.45. The van der Waals surface area contributed by atoms with Gasteiger partial charge in [0.1, 0.15) is 5.76 Å². The van der Waals surface area contributed by atoms with Crippen LogP contribution in [0.1, 0.15) is 18.2 Å². The Kier molecular flexibility index (Phi) is 4.82. The number of furan rings is 1. The molecule has 0 aliphatic carbocycles. The van der Waals surface area contributed by atoms with E-state index >= 15 is 0 Å². The number of hydrogen-bond donors (Lipinski definition) is 0. The highest BCUT2D eigenvalue weighted by molar-refractivity contribution is 8.19. The Bertz CT molecular complexity index is 943. The summed E-state index contributed by atoms with van der Waals surface area (Å²) in [6, 6.07) is 9.86. The van der Waals surface area contributed by atoms with E-state index in [2.05, 4.69) is 4.40 Å². The average Bonchev–Trinajstić information content (AvgIpc) is 3.17. The predicted octanol–water partition coefficient (Wildman–Crippen LogP) is 3.27. The van der Waals surface area contributed by atoms with Gasteiger partial charge >= 0.3 is 0 Å². The van der Waals surface area contributed by atoms with E-state index in [1.54, 1.807) is 37.3 Å². The molecule has 0 N–H and O–H groups in total. The third kappa shape index (κ3) is 3.69. The van der Waals surface area contributed by atoms with E-state index < -0.39 is 10.0 Å². The summed E-state index contributed by atoms with van der Waals surface area (Å²) in [7, 11) is -3.89. The number of amides is 1. The zero-order valence-corrected chi connectivity index (χ0v) is 15.3. The van der Waals surface area contributed by atoms with Crippen molar-refractivity contribution in [3.8, 4) is 0 Å². The summed E-state index contributed by atoms with van der Waals surface area (Å²) < 4.78 is 34.1. The molecule has 2 aromatic rings. The number of nitrogens with zero attached hydrogens (tertiary/aromatic N) is 2. The lowest BCUT2D eigenvalue weighted by molar-refractivity contribution is -0.122. The first-order valence-corrected chi connectivity index (χ1v) is 9.83. The summed E-state index contributed by atoms with van der Waals surface area (Å²) in [5.74, 6) is 0.233. The van der Waals surface area contributed by atoms with Gasteiger partial charge in [-0.2, -0.15) is 8.42 Å². The van der Waals surface area contributed by atoms with Crippen molar-refractivity contribution in [1.82, 2.24) is 4.90 Å². The molecular formula is C17H16N2O4S2. The summed E-state index contributed by atoms with van der Waals surface area (Å²) in [6.07, 6.45) is 3.08. The van der Waals surface area contributed by atoms with Crippen LogP contribution in [0.2, 0.25) is 0 Å². The van der Waals surface area contributed by atoms with Gasteiger partial charge in [-0.1, -0.05) is 17.7 Å². The first-order valence-electron chi connectivity index (χ1n) is 7.57. The number of thioether (sulfide) groups is 1. The Balaban J connectivity index is 1.96. The zero-order valence-electron chi connectivity index (χ0n) is 13.7. The highest BCUT2D eigenvalue weighted by Gasteiger charge is 2.34. The number of carbonyl (C=O) groups excluding carboxylic acids is 1. The number of rotatable bonds is 4. The molecule has 130 valence electrons. The number of likely N-dealkylation sites (N-methyl/N-ethyl adjacent to an activating group) is 1. The van der Waals surface area contributed by atoms with Crippen LogP contribution in [0.5, 0.6) is 0 Å². The summed E-state index contributed by atoms with van der Waals surface area (Å²) in [5.41, 5.74) is 0.955. The molecule has 1 aliphatic heterocycles. The van der Waals surface area contributed by atoms with Gasteiger partial charge in [0, 0.05) is 12.6 Å². The quantitative estimate of drug-likeness (QED) is 0.765. The maximum Gasteiger partial charge on any atom is 0.284 e. The van der Waals surface area contributed by atoms with Crippen LogP contribution in [0.4, 0.5) is 0 Å². The Morgan fingerprint density at radius 1 is 1.24 bits per heavy atom. The van der Waals surface area contributed by atoms with Gasteiger partial charge in [0.15, 0.2) is 5.17 Å². The van der Waals surface area contributed by atoms with Crippen molar-refractivity contribution in [3.63, 3.8) is 0 Å². The second kappa shape index (κ2) is 6.89. The molecule has 6 nitrogen and oxygen atoms in total. The Hall–Kier alpha value is -2.32. The molecule has 0 radical (unpaired) electrons. The van der Waals surface area contributed by atoms with Crippen molar-refractivity contribution in [1.29, 1.82) is 0 Å². The summed E-state index contributed by atoms with van der Waals surface area (Å²) in [4.78, 5) is 14.3. The molecule has 1 aliphatic rings. The van der Waals surface area contributed by atoms with Gasteiger partial charge < -0.3 is 4.42 Å². The lowest BCUT2D eigenvalue weighted by atomic mass is 10.2. The highest BCUT2D eigenvalue weighted by Crippen LogP contribution is 2.33. The molecule has 0 bridgehead atoms. The minimum atomic E-state index is -3.89. The lowest BCUT2D eigenvalue weighted by Gasteiger charge is -2.11. The van der Waals surface area contributed by atoms with E-state index in [1.165, 1.54) is 23.3 Å². The molecule has 0 unspecified atom stereocenters. The monoisotopic (exact) mass is 376 g/mol. The molecule has 3 rings (SSSR count). The Morgan fingerprint density at radius 2 is 1.96 bits per heavy atom. The number of hydrogen-bond acceptors (Lipinski definition) is 5. The normalized spacial score (nSPS) is 18.5. The molecule has 1 saturated heterocycles.